The fourth-order valence-electron chi connectivity index (χ4n) is 2.85. The maximum Gasteiger partial charge on any atom is 0.271 e. The van der Waals surface area contributed by atoms with E-state index in [-0.39, 0.29) is 11.3 Å². The third-order valence-corrected chi connectivity index (χ3v) is 4.80. The normalized spacial score (nSPS) is 11.5. The van der Waals surface area contributed by atoms with Gasteiger partial charge in [0, 0.05) is 5.56 Å². The average Bonchev–Trinajstić information content (AvgIpc) is 2.74. The van der Waals surface area contributed by atoms with E-state index in [9.17, 15) is 4.79 Å². The molecule has 3 rings (SSSR count). The molecule has 0 aliphatic carbocycles. The molecule has 30 heavy (non-hydrogen) atoms. The molecule has 0 unspecified atom stereocenters. The molecule has 4 heteroatoms. The smallest absolute Gasteiger partial charge is 0.271 e. The van der Waals surface area contributed by atoms with Crippen molar-refractivity contribution in [3.05, 3.63) is 101 Å². The molecule has 3 aromatic carbocycles. The molecule has 0 aromatic heterocycles. The molecule has 0 spiro atoms. The van der Waals surface area contributed by atoms with Gasteiger partial charge in [-0.3, -0.25) is 4.79 Å². The average molecular weight is 401 g/mol. The van der Waals surface area contributed by atoms with Gasteiger partial charge in [0.05, 0.1) is 6.21 Å². The number of carbonyl (C=O) groups is 1. The predicted molar refractivity (Wildman–Crippen MR) is 122 cm³/mol. The molecule has 0 atom stereocenters. The quantitative estimate of drug-likeness (QED) is 0.430. The van der Waals surface area contributed by atoms with Crippen molar-refractivity contribution >= 4 is 12.1 Å². The molecule has 0 heterocycles. The van der Waals surface area contributed by atoms with Crippen LogP contribution in [-0.4, -0.2) is 12.1 Å². The summed E-state index contributed by atoms with van der Waals surface area (Å²) in [5.74, 6) is 0.556. The largest absolute Gasteiger partial charge is 0.489 e. The van der Waals surface area contributed by atoms with E-state index in [4.69, 9.17) is 4.74 Å². The van der Waals surface area contributed by atoms with Crippen LogP contribution in [0.2, 0.25) is 0 Å². The molecule has 4 nitrogen and oxygen atoms in total. The minimum atomic E-state index is -0.232. The zero-order valence-corrected chi connectivity index (χ0v) is 18.0. The van der Waals surface area contributed by atoms with Gasteiger partial charge in [-0.1, -0.05) is 62.7 Å². The molecule has 154 valence electrons. The van der Waals surface area contributed by atoms with Gasteiger partial charge >= 0.3 is 0 Å². The highest BCUT2D eigenvalue weighted by molar-refractivity contribution is 5.94. The minimum absolute atomic E-state index is 0.0587. The van der Waals surface area contributed by atoms with Gasteiger partial charge in [-0.05, 0) is 65.4 Å². The number of hydrogen-bond acceptors (Lipinski definition) is 3. The van der Waals surface area contributed by atoms with Crippen molar-refractivity contribution < 1.29 is 9.53 Å². The lowest BCUT2D eigenvalue weighted by atomic mass is 9.87. The lowest BCUT2D eigenvalue weighted by Gasteiger charge is -2.18. The van der Waals surface area contributed by atoms with Crippen LogP contribution in [0.3, 0.4) is 0 Å². The second kappa shape index (κ2) is 9.40. The Balaban J connectivity index is 1.51. The number of aryl methyl sites for hydroxylation is 1. The SMILES string of the molecule is Cc1ccc(COc2ccc(/C=N\NC(=O)c3ccc(C(C)(C)C)cc3)cc2)cc1. The van der Waals surface area contributed by atoms with Crippen molar-refractivity contribution in [3.8, 4) is 5.75 Å². The first-order chi connectivity index (χ1) is 14.3. The standard InChI is InChI=1S/C26H28N2O2/c1-19-5-7-21(8-6-19)18-30-24-15-9-20(10-16-24)17-27-28-25(29)22-11-13-23(14-12-22)26(2,3)4/h5-17H,18H2,1-4H3,(H,28,29)/b27-17-. The molecular weight excluding hydrogens is 372 g/mol. The highest BCUT2D eigenvalue weighted by Crippen LogP contribution is 2.22. The van der Waals surface area contributed by atoms with E-state index in [1.54, 1.807) is 6.21 Å². The monoisotopic (exact) mass is 400 g/mol. The second-order valence-corrected chi connectivity index (χ2v) is 8.37. The summed E-state index contributed by atoms with van der Waals surface area (Å²) in [6.07, 6.45) is 1.62. The van der Waals surface area contributed by atoms with Gasteiger partial charge in [0.25, 0.3) is 5.91 Å². The van der Waals surface area contributed by atoms with E-state index >= 15 is 0 Å². The summed E-state index contributed by atoms with van der Waals surface area (Å²) in [5.41, 5.74) is 7.64. The highest BCUT2D eigenvalue weighted by Gasteiger charge is 2.14. The van der Waals surface area contributed by atoms with Gasteiger partial charge in [-0.2, -0.15) is 5.10 Å². The van der Waals surface area contributed by atoms with Crippen molar-refractivity contribution in [2.45, 2.75) is 39.7 Å². The fraction of sp³-hybridized carbons (Fsp3) is 0.231. The highest BCUT2D eigenvalue weighted by atomic mass is 16.5. The molecule has 3 aromatic rings. The van der Waals surface area contributed by atoms with Gasteiger partial charge in [-0.25, -0.2) is 5.43 Å². The number of ether oxygens (including phenoxy) is 1. The molecule has 0 saturated carbocycles. The molecule has 0 aliphatic heterocycles. The number of nitrogens with one attached hydrogen (secondary N) is 1. The van der Waals surface area contributed by atoms with Gasteiger partial charge in [0.1, 0.15) is 12.4 Å². The maximum absolute atomic E-state index is 12.2. The molecule has 0 radical (unpaired) electrons. The van der Waals surface area contributed by atoms with E-state index in [1.165, 1.54) is 11.1 Å². The van der Waals surface area contributed by atoms with Crippen LogP contribution in [0.5, 0.6) is 5.75 Å². The molecular formula is C26H28N2O2. The van der Waals surface area contributed by atoms with Crippen LogP contribution in [0.1, 0.15) is 53.4 Å². The van der Waals surface area contributed by atoms with Crippen molar-refractivity contribution in [2.24, 2.45) is 5.10 Å². The molecule has 1 N–H and O–H groups in total. The van der Waals surface area contributed by atoms with E-state index in [2.05, 4.69) is 62.5 Å². The lowest BCUT2D eigenvalue weighted by molar-refractivity contribution is 0.0955. The fourth-order valence-corrected chi connectivity index (χ4v) is 2.85. The van der Waals surface area contributed by atoms with Crippen molar-refractivity contribution in [3.63, 3.8) is 0 Å². The number of benzene rings is 3. The van der Waals surface area contributed by atoms with E-state index < -0.39 is 0 Å². The second-order valence-electron chi connectivity index (χ2n) is 8.37. The van der Waals surface area contributed by atoms with Gasteiger partial charge in [-0.15, -0.1) is 0 Å². The third kappa shape index (κ3) is 6.05. The zero-order valence-electron chi connectivity index (χ0n) is 18.0. The first-order valence-electron chi connectivity index (χ1n) is 10.0. The van der Waals surface area contributed by atoms with Crippen LogP contribution in [-0.2, 0) is 12.0 Å². The van der Waals surface area contributed by atoms with E-state index in [1.807, 2.05) is 48.5 Å². The number of nitrogens with zero attached hydrogens (tertiary/aromatic N) is 1. The van der Waals surface area contributed by atoms with Crippen molar-refractivity contribution in [1.29, 1.82) is 0 Å². The summed E-state index contributed by atoms with van der Waals surface area (Å²) in [4.78, 5) is 12.2. The Morgan fingerprint density at radius 2 is 1.57 bits per heavy atom. The molecule has 0 bridgehead atoms. The van der Waals surface area contributed by atoms with Crippen LogP contribution in [0.25, 0.3) is 0 Å². The maximum atomic E-state index is 12.2. The van der Waals surface area contributed by atoms with Crippen molar-refractivity contribution in [2.75, 3.05) is 0 Å². The van der Waals surface area contributed by atoms with Crippen LogP contribution in [0.4, 0.5) is 0 Å². The summed E-state index contributed by atoms with van der Waals surface area (Å²) in [5, 5.41) is 4.06. The van der Waals surface area contributed by atoms with Crippen LogP contribution in [0, 0.1) is 6.92 Å². The number of carbonyl (C=O) groups excluding carboxylic acids is 1. The predicted octanol–water partition coefficient (Wildman–Crippen LogP) is 5.64. The lowest BCUT2D eigenvalue weighted by Crippen LogP contribution is -2.18. The van der Waals surface area contributed by atoms with Gasteiger partial charge < -0.3 is 4.74 Å². The first-order valence-corrected chi connectivity index (χ1v) is 10.0. The molecule has 0 aliphatic rings. The Kier molecular flexibility index (Phi) is 6.68. The number of rotatable bonds is 6. The van der Waals surface area contributed by atoms with E-state index in [0.717, 1.165) is 16.9 Å². The zero-order chi connectivity index (χ0) is 21.6. The van der Waals surface area contributed by atoms with Gasteiger partial charge in [0.2, 0.25) is 0 Å². The molecule has 0 fully saturated rings. The number of hydrogen-bond donors (Lipinski definition) is 1. The Bertz CT molecular complexity index is 997. The first kappa shape index (κ1) is 21.3. The topological polar surface area (TPSA) is 50.7 Å². The Morgan fingerprint density at radius 3 is 2.17 bits per heavy atom. The van der Waals surface area contributed by atoms with Crippen molar-refractivity contribution in [1.82, 2.24) is 5.43 Å². The molecule has 1 amide bonds. The Hall–Kier alpha value is -3.40. The summed E-state index contributed by atoms with van der Waals surface area (Å²) >= 11 is 0. The third-order valence-electron chi connectivity index (χ3n) is 4.80. The number of hydrazone groups is 1. The van der Waals surface area contributed by atoms with Crippen LogP contribution in [0.15, 0.2) is 77.9 Å². The summed E-state index contributed by atoms with van der Waals surface area (Å²) in [6, 6.07) is 23.5. The van der Waals surface area contributed by atoms with Crippen LogP contribution < -0.4 is 10.2 Å². The minimum Gasteiger partial charge on any atom is -0.489 e. The Labute approximate surface area is 178 Å². The Morgan fingerprint density at radius 1 is 0.933 bits per heavy atom. The summed E-state index contributed by atoms with van der Waals surface area (Å²) in [6.45, 7) is 9.02. The molecule has 0 saturated heterocycles. The van der Waals surface area contributed by atoms with Gasteiger partial charge in [0.15, 0.2) is 0 Å². The van der Waals surface area contributed by atoms with E-state index in [0.29, 0.717) is 12.2 Å². The summed E-state index contributed by atoms with van der Waals surface area (Å²) in [7, 11) is 0. The number of amides is 1. The van der Waals surface area contributed by atoms with Crippen LogP contribution >= 0.6 is 0 Å². The summed E-state index contributed by atoms with van der Waals surface area (Å²) < 4.78 is 5.81.